The lowest BCUT2D eigenvalue weighted by molar-refractivity contribution is -0.0525. The maximum absolute atomic E-state index is 6.13. The minimum Gasteiger partial charge on any atom is -0.389 e. The Hall–Kier alpha value is -0.570. The maximum atomic E-state index is 6.13. The van der Waals surface area contributed by atoms with Crippen molar-refractivity contribution in [3.63, 3.8) is 0 Å². The first-order chi connectivity index (χ1) is 8.62. The summed E-state index contributed by atoms with van der Waals surface area (Å²) in [5.74, 6) is 3.08. The molecule has 0 saturated heterocycles. The van der Waals surface area contributed by atoms with Gasteiger partial charge in [0.15, 0.2) is 0 Å². The number of thiazole rings is 1. The molecular formula is C15H22N2S. The molecule has 4 fully saturated rings. The molecule has 4 bridgehead atoms. The van der Waals surface area contributed by atoms with Crippen LogP contribution in [0.25, 0.3) is 0 Å². The van der Waals surface area contributed by atoms with E-state index in [2.05, 4.69) is 11.9 Å². The Kier molecular flexibility index (Phi) is 2.33. The Morgan fingerprint density at radius 1 is 1.17 bits per heavy atom. The predicted octanol–water partition coefficient (Wildman–Crippen LogP) is 3.79. The minimum absolute atomic E-state index is 0.573. The Balaban J connectivity index is 1.62. The van der Waals surface area contributed by atoms with E-state index in [9.17, 15) is 0 Å². The smallest absolute Gasteiger partial charge is 0.109 e. The van der Waals surface area contributed by atoms with Gasteiger partial charge < -0.3 is 5.73 Å². The van der Waals surface area contributed by atoms with Gasteiger partial charge in [-0.25, -0.2) is 4.98 Å². The van der Waals surface area contributed by atoms with Gasteiger partial charge >= 0.3 is 0 Å². The third kappa shape index (κ3) is 1.70. The minimum atomic E-state index is 0.573. The number of hydrogen-bond acceptors (Lipinski definition) is 3. The van der Waals surface area contributed by atoms with Crippen molar-refractivity contribution in [1.29, 1.82) is 0 Å². The first-order valence-corrected chi connectivity index (χ1v) is 8.15. The van der Waals surface area contributed by atoms with Gasteiger partial charge in [-0.15, -0.1) is 11.3 Å². The number of nitrogens with two attached hydrogens (primary N) is 1. The van der Waals surface area contributed by atoms with Crippen LogP contribution in [0, 0.1) is 30.1 Å². The molecule has 3 heteroatoms. The number of nitrogen functional groups attached to an aromatic ring is 1. The largest absolute Gasteiger partial charge is 0.389 e. The molecule has 0 amide bonds. The van der Waals surface area contributed by atoms with E-state index >= 15 is 0 Å². The van der Waals surface area contributed by atoms with Crippen LogP contribution in [-0.2, 0) is 6.42 Å². The number of nitrogens with zero attached hydrogens (tertiary/aromatic N) is 1. The van der Waals surface area contributed by atoms with Crippen molar-refractivity contribution in [3.05, 3.63) is 10.7 Å². The van der Waals surface area contributed by atoms with Crippen LogP contribution in [0.15, 0.2) is 0 Å². The van der Waals surface area contributed by atoms with Crippen LogP contribution in [0.4, 0.5) is 5.00 Å². The fourth-order valence-corrected chi connectivity index (χ4v) is 6.18. The molecule has 0 aliphatic heterocycles. The van der Waals surface area contributed by atoms with E-state index in [1.54, 1.807) is 11.3 Å². The zero-order valence-corrected chi connectivity index (χ0v) is 11.9. The maximum Gasteiger partial charge on any atom is 0.109 e. The van der Waals surface area contributed by atoms with E-state index in [0.29, 0.717) is 5.41 Å². The van der Waals surface area contributed by atoms with Gasteiger partial charge in [0.1, 0.15) is 5.00 Å². The van der Waals surface area contributed by atoms with Crippen LogP contribution in [-0.4, -0.2) is 4.98 Å². The third-order valence-electron chi connectivity index (χ3n) is 5.54. The van der Waals surface area contributed by atoms with Crippen molar-refractivity contribution < 1.29 is 0 Å². The normalized spacial score (nSPS) is 41.5. The lowest BCUT2D eigenvalue weighted by Gasteiger charge is -2.57. The zero-order valence-electron chi connectivity index (χ0n) is 11.1. The monoisotopic (exact) mass is 262 g/mol. The molecule has 4 saturated carbocycles. The summed E-state index contributed by atoms with van der Waals surface area (Å²) in [5.41, 5.74) is 7.91. The summed E-state index contributed by atoms with van der Waals surface area (Å²) in [4.78, 5) is 4.68. The highest BCUT2D eigenvalue weighted by atomic mass is 32.1. The van der Waals surface area contributed by atoms with Gasteiger partial charge in [-0.2, -0.15) is 0 Å². The van der Waals surface area contributed by atoms with E-state index in [0.717, 1.165) is 34.2 Å². The molecule has 4 aliphatic rings. The Labute approximate surface area is 113 Å². The molecule has 98 valence electrons. The van der Waals surface area contributed by atoms with Crippen molar-refractivity contribution in [2.75, 3.05) is 5.73 Å². The van der Waals surface area contributed by atoms with Crippen LogP contribution in [0.3, 0.4) is 0 Å². The van der Waals surface area contributed by atoms with E-state index in [1.807, 2.05) is 0 Å². The van der Waals surface area contributed by atoms with Gasteiger partial charge in [-0.05, 0) is 75.0 Å². The summed E-state index contributed by atoms with van der Waals surface area (Å²) in [6.07, 6.45) is 10.1. The molecular weight excluding hydrogens is 240 g/mol. The van der Waals surface area contributed by atoms with Crippen molar-refractivity contribution >= 4 is 16.3 Å². The Morgan fingerprint density at radius 2 is 1.72 bits per heavy atom. The Morgan fingerprint density at radius 3 is 2.17 bits per heavy atom. The van der Waals surface area contributed by atoms with Gasteiger partial charge in [0, 0.05) is 0 Å². The lowest BCUT2D eigenvalue weighted by atomic mass is 9.48. The topological polar surface area (TPSA) is 38.9 Å². The summed E-state index contributed by atoms with van der Waals surface area (Å²) in [6, 6.07) is 0. The fourth-order valence-electron chi connectivity index (χ4n) is 5.47. The molecule has 0 unspecified atom stereocenters. The highest BCUT2D eigenvalue weighted by Gasteiger charge is 2.51. The van der Waals surface area contributed by atoms with Crippen LogP contribution in [0.5, 0.6) is 0 Å². The quantitative estimate of drug-likeness (QED) is 0.880. The van der Waals surface area contributed by atoms with Gasteiger partial charge in [0.05, 0.1) is 10.7 Å². The molecule has 4 aliphatic carbocycles. The first kappa shape index (κ1) is 11.3. The second-order valence-electron chi connectivity index (χ2n) is 7.14. The number of hydrogen-bond donors (Lipinski definition) is 1. The number of anilines is 1. The third-order valence-corrected chi connectivity index (χ3v) is 6.38. The molecule has 0 spiro atoms. The average Bonchev–Trinajstić information content (AvgIpc) is 2.54. The molecule has 2 N–H and O–H groups in total. The van der Waals surface area contributed by atoms with Crippen molar-refractivity contribution in [2.24, 2.45) is 23.2 Å². The average molecular weight is 262 g/mol. The van der Waals surface area contributed by atoms with Crippen LogP contribution in [0.1, 0.15) is 49.2 Å². The van der Waals surface area contributed by atoms with E-state index in [1.165, 1.54) is 44.2 Å². The molecule has 0 atom stereocenters. The summed E-state index contributed by atoms with van der Waals surface area (Å²) in [6.45, 7) is 2.07. The first-order valence-electron chi connectivity index (χ1n) is 7.34. The van der Waals surface area contributed by atoms with Crippen molar-refractivity contribution in [2.45, 2.75) is 51.9 Å². The SMILES string of the molecule is Cc1nc(CC23CC4CC(CC(C4)C2)C3)c(N)s1. The molecule has 0 radical (unpaired) electrons. The summed E-state index contributed by atoms with van der Waals surface area (Å²) in [7, 11) is 0. The number of rotatable bonds is 2. The van der Waals surface area contributed by atoms with Gasteiger partial charge in [0.2, 0.25) is 0 Å². The van der Waals surface area contributed by atoms with Crippen LogP contribution >= 0.6 is 11.3 Å². The molecule has 18 heavy (non-hydrogen) atoms. The summed E-state index contributed by atoms with van der Waals surface area (Å²) < 4.78 is 0. The number of aryl methyl sites for hydroxylation is 1. The second-order valence-corrected chi connectivity index (χ2v) is 8.37. The van der Waals surface area contributed by atoms with E-state index in [-0.39, 0.29) is 0 Å². The standard InChI is InChI=1S/C15H22N2S/c1-9-17-13(14(16)18-9)8-15-5-10-2-11(6-15)4-12(3-10)7-15/h10-12H,2-8,16H2,1H3. The predicted molar refractivity (Wildman–Crippen MR) is 75.6 cm³/mol. The second kappa shape index (κ2) is 3.72. The fraction of sp³-hybridized carbons (Fsp3) is 0.800. The highest BCUT2D eigenvalue weighted by Crippen LogP contribution is 2.61. The van der Waals surface area contributed by atoms with E-state index in [4.69, 9.17) is 5.73 Å². The zero-order chi connectivity index (χ0) is 12.3. The molecule has 2 nitrogen and oxygen atoms in total. The Bertz CT molecular complexity index is 442. The van der Waals surface area contributed by atoms with Gasteiger partial charge in [-0.3, -0.25) is 0 Å². The molecule has 1 aromatic heterocycles. The molecule has 1 heterocycles. The van der Waals surface area contributed by atoms with Gasteiger partial charge in [-0.1, -0.05) is 0 Å². The number of aromatic nitrogens is 1. The molecule has 5 rings (SSSR count). The van der Waals surface area contributed by atoms with Crippen LogP contribution in [0.2, 0.25) is 0 Å². The van der Waals surface area contributed by atoms with Gasteiger partial charge in [0.25, 0.3) is 0 Å². The summed E-state index contributed by atoms with van der Waals surface area (Å²) in [5, 5.41) is 2.11. The molecule has 0 aromatic carbocycles. The van der Waals surface area contributed by atoms with Crippen molar-refractivity contribution in [3.8, 4) is 0 Å². The summed E-state index contributed by atoms with van der Waals surface area (Å²) >= 11 is 1.66. The van der Waals surface area contributed by atoms with Crippen molar-refractivity contribution in [1.82, 2.24) is 4.98 Å². The van der Waals surface area contributed by atoms with Crippen LogP contribution < -0.4 is 5.73 Å². The molecule has 1 aromatic rings. The lowest BCUT2D eigenvalue weighted by Crippen LogP contribution is -2.47. The highest BCUT2D eigenvalue weighted by molar-refractivity contribution is 7.15. The van der Waals surface area contributed by atoms with E-state index < -0.39 is 0 Å².